The SMILES string of the molecule is O=C(CSc1nc2ccccc2c(=O)n1-c1ccc(C(=O)N2CCOCC2)cc1)Nc1ccccc1Cl. The van der Waals surface area contributed by atoms with Crippen LogP contribution in [0.4, 0.5) is 5.69 Å². The second-order valence-electron chi connectivity index (χ2n) is 8.32. The van der Waals surface area contributed by atoms with E-state index in [9.17, 15) is 14.4 Å². The van der Waals surface area contributed by atoms with Gasteiger partial charge in [-0.2, -0.15) is 0 Å². The highest BCUT2D eigenvalue weighted by Crippen LogP contribution is 2.24. The Hall–Kier alpha value is -3.66. The molecule has 1 aromatic heterocycles. The van der Waals surface area contributed by atoms with Gasteiger partial charge < -0.3 is 15.0 Å². The van der Waals surface area contributed by atoms with Gasteiger partial charge in [0.25, 0.3) is 11.5 Å². The van der Waals surface area contributed by atoms with Crippen LogP contribution in [0.15, 0.2) is 82.7 Å². The number of benzene rings is 3. The van der Waals surface area contributed by atoms with Crippen molar-refractivity contribution < 1.29 is 14.3 Å². The molecular weight excluding hydrogens is 512 g/mol. The quantitative estimate of drug-likeness (QED) is 0.294. The number of para-hydroxylation sites is 2. The molecule has 10 heteroatoms. The first-order valence-corrected chi connectivity index (χ1v) is 13.0. The van der Waals surface area contributed by atoms with E-state index in [0.29, 0.717) is 64.3 Å². The molecule has 1 aliphatic rings. The third-order valence-electron chi connectivity index (χ3n) is 5.90. The molecule has 1 fully saturated rings. The number of carbonyl (C=O) groups excluding carboxylic acids is 2. The van der Waals surface area contributed by atoms with Crippen molar-refractivity contribution in [3.8, 4) is 5.69 Å². The van der Waals surface area contributed by atoms with Crippen molar-refractivity contribution >= 4 is 51.8 Å². The zero-order chi connectivity index (χ0) is 25.8. The minimum Gasteiger partial charge on any atom is -0.378 e. The lowest BCUT2D eigenvalue weighted by molar-refractivity contribution is -0.113. The molecule has 0 bridgehead atoms. The van der Waals surface area contributed by atoms with E-state index >= 15 is 0 Å². The highest BCUT2D eigenvalue weighted by atomic mass is 35.5. The highest BCUT2D eigenvalue weighted by Gasteiger charge is 2.20. The molecule has 1 saturated heterocycles. The predicted molar refractivity (Wildman–Crippen MR) is 145 cm³/mol. The highest BCUT2D eigenvalue weighted by molar-refractivity contribution is 7.99. The Labute approximate surface area is 222 Å². The molecule has 1 aliphatic heterocycles. The molecule has 5 rings (SSSR count). The molecule has 8 nitrogen and oxygen atoms in total. The molecule has 3 aromatic carbocycles. The monoisotopic (exact) mass is 534 g/mol. The van der Waals surface area contributed by atoms with Crippen molar-refractivity contribution in [3.05, 3.63) is 93.7 Å². The molecule has 4 aromatic rings. The predicted octanol–water partition coefficient (Wildman–Crippen LogP) is 4.24. The first-order valence-electron chi connectivity index (χ1n) is 11.7. The Morgan fingerprint density at radius 2 is 1.68 bits per heavy atom. The second-order valence-corrected chi connectivity index (χ2v) is 9.67. The van der Waals surface area contributed by atoms with Gasteiger partial charge in [-0.25, -0.2) is 4.98 Å². The summed E-state index contributed by atoms with van der Waals surface area (Å²) < 4.78 is 6.80. The van der Waals surface area contributed by atoms with Crippen molar-refractivity contribution in [2.75, 3.05) is 37.4 Å². The first kappa shape index (κ1) is 25.0. The normalized spacial score (nSPS) is 13.5. The number of ether oxygens (including phenoxy) is 1. The van der Waals surface area contributed by atoms with E-state index in [4.69, 9.17) is 16.3 Å². The number of anilines is 1. The van der Waals surface area contributed by atoms with E-state index in [0.717, 1.165) is 11.8 Å². The Bertz CT molecular complexity index is 1520. The number of nitrogens with zero attached hydrogens (tertiary/aromatic N) is 3. The first-order chi connectivity index (χ1) is 18.0. The lowest BCUT2D eigenvalue weighted by Crippen LogP contribution is -2.40. The number of rotatable bonds is 6. The van der Waals surface area contributed by atoms with Gasteiger partial charge in [0.05, 0.1) is 46.3 Å². The maximum atomic E-state index is 13.5. The largest absolute Gasteiger partial charge is 0.378 e. The smallest absolute Gasteiger partial charge is 0.266 e. The molecule has 0 atom stereocenters. The molecule has 188 valence electrons. The Kier molecular flexibility index (Phi) is 7.55. The zero-order valence-electron chi connectivity index (χ0n) is 19.7. The molecule has 0 radical (unpaired) electrons. The molecular formula is C27H23ClN4O4S. The Morgan fingerprint density at radius 3 is 2.43 bits per heavy atom. The van der Waals surface area contributed by atoms with Crippen molar-refractivity contribution in [3.63, 3.8) is 0 Å². The van der Waals surface area contributed by atoms with E-state index in [2.05, 4.69) is 10.3 Å². The van der Waals surface area contributed by atoms with Crippen LogP contribution >= 0.6 is 23.4 Å². The number of hydrogen-bond donors (Lipinski definition) is 1. The summed E-state index contributed by atoms with van der Waals surface area (Å²) in [5.74, 6) is -0.341. The summed E-state index contributed by atoms with van der Waals surface area (Å²) in [5.41, 5.74) is 1.87. The average molecular weight is 535 g/mol. The third kappa shape index (κ3) is 5.53. The van der Waals surface area contributed by atoms with Gasteiger partial charge in [-0.1, -0.05) is 47.6 Å². The average Bonchev–Trinajstić information content (AvgIpc) is 2.93. The van der Waals surface area contributed by atoms with E-state index < -0.39 is 0 Å². The topological polar surface area (TPSA) is 93.5 Å². The fourth-order valence-electron chi connectivity index (χ4n) is 4.02. The number of hydrogen-bond acceptors (Lipinski definition) is 6. The summed E-state index contributed by atoms with van der Waals surface area (Å²) in [6.07, 6.45) is 0. The number of aromatic nitrogens is 2. The number of nitrogens with one attached hydrogen (secondary N) is 1. The van der Waals surface area contributed by atoms with Crippen LogP contribution in [0.1, 0.15) is 10.4 Å². The number of carbonyl (C=O) groups is 2. The molecule has 1 N–H and O–H groups in total. The summed E-state index contributed by atoms with van der Waals surface area (Å²) in [6, 6.07) is 20.9. The number of halogens is 1. The van der Waals surface area contributed by atoms with Gasteiger partial charge >= 0.3 is 0 Å². The standard InChI is InChI=1S/C27H23ClN4O4S/c28-21-6-2-4-8-23(21)29-24(33)17-37-27-30-22-7-3-1-5-20(22)26(35)32(27)19-11-9-18(10-12-19)25(34)31-13-15-36-16-14-31/h1-12H,13-17H2,(H,29,33). The maximum Gasteiger partial charge on any atom is 0.266 e. The molecule has 0 spiro atoms. The third-order valence-corrected chi connectivity index (χ3v) is 7.16. The molecule has 0 unspecified atom stereocenters. The van der Waals surface area contributed by atoms with Crippen molar-refractivity contribution in [2.45, 2.75) is 5.16 Å². The van der Waals surface area contributed by atoms with Gasteiger partial charge in [0.15, 0.2) is 5.16 Å². The van der Waals surface area contributed by atoms with Crippen LogP contribution in [-0.2, 0) is 9.53 Å². The van der Waals surface area contributed by atoms with Crippen LogP contribution in [-0.4, -0.2) is 58.3 Å². The van der Waals surface area contributed by atoms with E-state index in [-0.39, 0.29) is 23.1 Å². The summed E-state index contributed by atoms with van der Waals surface area (Å²) >= 11 is 7.29. The lowest BCUT2D eigenvalue weighted by Gasteiger charge is -2.26. The molecule has 2 amide bonds. The number of fused-ring (bicyclic) bond motifs is 1. The zero-order valence-corrected chi connectivity index (χ0v) is 21.3. The van der Waals surface area contributed by atoms with E-state index in [1.165, 1.54) is 4.57 Å². The molecule has 37 heavy (non-hydrogen) atoms. The van der Waals surface area contributed by atoms with Crippen LogP contribution in [0.2, 0.25) is 5.02 Å². The van der Waals surface area contributed by atoms with E-state index in [1.54, 1.807) is 71.6 Å². The van der Waals surface area contributed by atoms with Crippen LogP contribution in [0.25, 0.3) is 16.6 Å². The minimum atomic E-state index is -0.279. The van der Waals surface area contributed by atoms with Crippen LogP contribution in [0.5, 0.6) is 0 Å². The van der Waals surface area contributed by atoms with Gasteiger partial charge in [-0.05, 0) is 48.5 Å². The summed E-state index contributed by atoms with van der Waals surface area (Å²) in [5, 5.41) is 4.05. The van der Waals surface area contributed by atoms with Gasteiger partial charge in [-0.15, -0.1) is 0 Å². The van der Waals surface area contributed by atoms with Crippen LogP contribution in [0, 0.1) is 0 Å². The number of morpholine rings is 1. The van der Waals surface area contributed by atoms with Crippen LogP contribution < -0.4 is 10.9 Å². The van der Waals surface area contributed by atoms with Gasteiger partial charge in [0.1, 0.15) is 0 Å². The van der Waals surface area contributed by atoms with E-state index in [1.807, 2.05) is 6.07 Å². The van der Waals surface area contributed by atoms with Crippen molar-refractivity contribution in [1.29, 1.82) is 0 Å². The summed E-state index contributed by atoms with van der Waals surface area (Å²) in [4.78, 5) is 45.4. The molecule has 2 heterocycles. The van der Waals surface area contributed by atoms with Gasteiger partial charge in [0, 0.05) is 18.7 Å². The maximum absolute atomic E-state index is 13.5. The van der Waals surface area contributed by atoms with Gasteiger partial charge in [-0.3, -0.25) is 19.0 Å². The second kappa shape index (κ2) is 11.2. The lowest BCUT2D eigenvalue weighted by atomic mass is 10.1. The fraction of sp³-hybridized carbons (Fsp3) is 0.185. The van der Waals surface area contributed by atoms with Crippen molar-refractivity contribution in [1.82, 2.24) is 14.5 Å². The minimum absolute atomic E-state index is 0.0175. The van der Waals surface area contributed by atoms with Crippen LogP contribution in [0.3, 0.4) is 0 Å². The fourth-order valence-corrected chi connectivity index (χ4v) is 5.01. The Balaban J connectivity index is 1.43. The number of amides is 2. The van der Waals surface area contributed by atoms with Gasteiger partial charge in [0.2, 0.25) is 5.91 Å². The molecule has 0 saturated carbocycles. The van der Waals surface area contributed by atoms with Crippen molar-refractivity contribution in [2.24, 2.45) is 0 Å². The Morgan fingerprint density at radius 1 is 0.973 bits per heavy atom. The molecule has 0 aliphatic carbocycles. The summed E-state index contributed by atoms with van der Waals surface area (Å²) in [6.45, 7) is 2.14. The summed E-state index contributed by atoms with van der Waals surface area (Å²) in [7, 11) is 0. The number of thioether (sulfide) groups is 1.